The first kappa shape index (κ1) is 13.0. The van der Waals surface area contributed by atoms with Gasteiger partial charge in [0.05, 0.1) is 0 Å². The Balaban J connectivity index is 0.00000144. The number of hydrogen-bond donors (Lipinski definition) is 0. The lowest BCUT2D eigenvalue weighted by atomic mass is 9.69. The fourth-order valence-electron chi connectivity index (χ4n) is 2.36. The molecule has 0 aromatic rings. The predicted molar refractivity (Wildman–Crippen MR) is 61.9 cm³/mol. The fraction of sp³-hybridized carbons (Fsp3) is 1.00. The van der Waals surface area contributed by atoms with Gasteiger partial charge >= 0.3 is 0 Å². The van der Waals surface area contributed by atoms with Crippen molar-refractivity contribution >= 4 is 0 Å². The average Bonchev–Trinajstić information content (AvgIpc) is 2.39. The summed E-state index contributed by atoms with van der Waals surface area (Å²) < 4.78 is 0. The maximum atomic E-state index is 2.39. The molecule has 1 aliphatic rings. The third kappa shape index (κ3) is 3.00. The minimum absolute atomic E-state index is 0. The van der Waals surface area contributed by atoms with Gasteiger partial charge in [-0.05, 0) is 35.5 Å². The van der Waals surface area contributed by atoms with Gasteiger partial charge < -0.3 is 0 Å². The molecule has 80 valence electrons. The van der Waals surface area contributed by atoms with Crippen molar-refractivity contribution in [2.24, 2.45) is 16.2 Å². The van der Waals surface area contributed by atoms with Crippen molar-refractivity contribution in [3.8, 4) is 0 Å². The zero-order chi connectivity index (χ0) is 9.62. The molecule has 1 aliphatic carbocycles. The van der Waals surface area contributed by atoms with Gasteiger partial charge in [-0.15, -0.1) is 0 Å². The quantitative estimate of drug-likeness (QED) is 0.544. The molecule has 0 unspecified atom stereocenters. The van der Waals surface area contributed by atoms with Crippen molar-refractivity contribution in [3.63, 3.8) is 0 Å². The van der Waals surface area contributed by atoms with E-state index in [1.54, 1.807) is 0 Å². The zero-order valence-electron chi connectivity index (χ0n) is 9.62. The zero-order valence-corrected chi connectivity index (χ0v) is 9.62. The van der Waals surface area contributed by atoms with Crippen LogP contribution in [0, 0.1) is 16.2 Å². The minimum Gasteiger partial charge on any atom is -0.0776 e. The van der Waals surface area contributed by atoms with Crippen LogP contribution in [0.15, 0.2) is 0 Å². The average molecular weight is 184 g/mol. The third-order valence-electron chi connectivity index (χ3n) is 3.31. The molecule has 0 nitrogen and oxygen atoms in total. The summed E-state index contributed by atoms with van der Waals surface area (Å²) in [7, 11) is 0. The van der Waals surface area contributed by atoms with Crippen LogP contribution in [0.5, 0.6) is 0 Å². The summed E-state index contributed by atoms with van der Waals surface area (Å²) in [6.45, 7) is 14.3. The van der Waals surface area contributed by atoms with Crippen molar-refractivity contribution in [2.75, 3.05) is 0 Å². The second-order valence-electron chi connectivity index (χ2n) is 6.77. The molecule has 0 amide bonds. The van der Waals surface area contributed by atoms with Crippen molar-refractivity contribution in [3.05, 3.63) is 0 Å². The topological polar surface area (TPSA) is 0 Å². The van der Waals surface area contributed by atoms with Gasteiger partial charge in [0.1, 0.15) is 0 Å². The molecule has 0 heteroatoms. The SMILES string of the molecule is C.CC(C)(C)CC1(C(C)(C)C)CC1. The highest BCUT2D eigenvalue weighted by Gasteiger charge is 2.52. The first-order chi connectivity index (χ1) is 5.16. The predicted octanol–water partition coefficient (Wildman–Crippen LogP) is 4.89. The molecule has 1 rings (SSSR count). The summed E-state index contributed by atoms with van der Waals surface area (Å²) in [6, 6.07) is 0. The Labute approximate surface area is 85.1 Å². The molecule has 1 fully saturated rings. The summed E-state index contributed by atoms with van der Waals surface area (Å²) in [5.41, 5.74) is 1.69. The fourth-order valence-corrected chi connectivity index (χ4v) is 2.36. The van der Waals surface area contributed by atoms with Crippen LogP contribution in [0.3, 0.4) is 0 Å². The van der Waals surface area contributed by atoms with Gasteiger partial charge in [0.25, 0.3) is 0 Å². The Morgan fingerprint density at radius 1 is 0.923 bits per heavy atom. The van der Waals surface area contributed by atoms with Gasteiger partial charge in [-0.25, -0.2) is 0 Å². The Morgan fingerprint density at radius 2 is 1.31 bits per heavy atom. The Hall–Kier alpha value is 0. The standard InChI is InChI=1S/C12H24.CH4/c1-10(2,3)9-12(7-8-12)11(4,5)6;/h7-9H2,1-6H3;1H4. The molecular weight excluding hydrogens is 156 g/mol. The second kappa shape index (κ2) is 3.29. The van der Waals surface area contributed by atoms with Crippen LogP contribution >= 0.6 is 0 Å². The van der Waals surface area contributed by atoms with Crippen molar-refractivity contribution in [1.29, 1.82) is 0 Å². The normalized spacial score (nSPS) is 20.8. The van der Waals surface area contributed by atoms with E-state index in [0.717, 1.165) is 0 Å². The van der Waals surface area contributed by atoms with Gasteiger partial charge in [0.2, 0.25) is 0 Å². The highest BCUT2D eigenvalue weighted by Crippen LogP contribution is 2.63. The highest BCUT2D eigenvalue weighted by molar-refractivity contribution is 5.03. The molecule has 0 heterocycles. The van der Waals surface area contributed by atoms with E-state index in [1.807, 2.05) is 0 Å². The lowest BCUT2D eigenvalue weighted by Gasteiger charge is -2.36. The molecule has 13 heavy (non-hydrogen) atoms. The van der Waals surface area contributed by atoms with Crippen LogP contribution in [0.2, 0.25) is 0 Å². The highest BCUT2D eigenvalue weighted by atomic mass is 14.6. The monoisotopic (exact) mass is 184 g/mol. The third-order valence-corrected chi connectivity index (χ3v) is 3.31. The molecule has 0 aromatic carbocycles. The Kier molecular flexibility index (Phi) is 3.29. The van der Waals surface area contributed by atoms with Crippen LogP contribution < -0.4 is 0 Å². The second-order valence-corrected chi connectivity index (χ2v) is 6.77. The molecule has 0 bridgehead atoms. The molecule has 0 saturated heterocycles. The minimum atomic E-state index is 0. The van der Waals surface area contributed by atoms with Crippen molar-refractivity contribution in [1.82, 2.24) is 0 Å². The summed E-state index contributed by atoms with van der Waals surface area (Å²) in [6.07, 6.45) is 4.30. The van der Waals surface area contributed by atoms with E-state index in [0.29, 0.717) is 16.2 Å². The molecule has 1 saturated carbocycles. The van der Waals surface area contributed by atoms with E-state index in [9.17, 15) is 0 Å². The molecule has 0 spiro atoms. The summed E-state index contributed by atoms with van der Waals surface area (Å²) in [5, 5.41) is 0. The van der Waals surface area contributed by atoms with Gasteiger partial charge in [-0.3, -0.25) is 0 Å². The molecule has 0 radical (unpaired) electrons. The van der Waals surface area contributed by atoms with Gasteiger partial charge in [0.15, 0.2) is 0 Å². The van der Waals surface area contributed by atoms with Gasteiger partial charge in [-0.1, -0.05) is 49.0 Å². The largest absolute Gasteiger partial charge is 0.0776 e. The van der Waals surface area contributed by atoms with E-state index < -0.39 is 0 Å². The van der Waals surface area contributed by atoms with E-state index in [4.69, 9.17) is 0 Å². The van der Waals surface area contributed by atoms with Crippen molar-refractivity contribution in [2.45, 2.75) is 68.2 Å². The molecule has 0 aromatic heterocycles. The van der Waals surface area contributed by atoms with E-state index >= 15 is 0 Å². The van der Waals surface area contributed by atoms with E-state index in [2.05, 4.69) is 41.5 Å². The maximum Gasteiger partial charge on any atom is -0.0243 e. The van der Waals surface area contributed by atoms with E-state index in [-0.39, 0.29) is 7.43 Å². The molecule has 0 N–H and O–H groups in total. The lowest BCUT2D eigenvalue weighted by Crippen LogP contribution is -2.26. The Bertz CT molecular complexity index is 159. The molecular formula is C13H28. The van der Waals surface area contributed by atoms with Crippen LogP contribution in [-0.2, 0) is 0 Å². The van der Waals surface area contributed by atoms with Gasteiger partial charge in [-0.2, -0.15) is 0 Å². The van der Waals surface area contributed by atoms with Crippen LogP contribution in [0.25, 0.3) is 0 Å². The summed E-state index contributed by atoms with van der Waals surface area (Å²) in [5.74, 6) is 0. The van der Waals surface area contributed by atoms with Crippen molar-refractivity contribution < 1.29 is 0 Å². The summed E-state index contributed by atoms with van der Waals surface area (Å²) in [4.78, 5) is 0. The maximum absolute atomic E-state index is 2.39. The number of hydrogen-bond acceptors (Lipinski definition) is 0. The van der Waals surface area contributed by atoms with E-state index in [1.165, 1.54) is 19.3 Å². The molecule has 0 atom stereocenters. The first-order valence-electron chi connectivity index (χ1n) is 5.16. The molecule has 0 aliphatic heterocycles. The lowest BCUT2D eigenvalue weighted by molar-refractivity contribution is 0.141. The number of rotatable bonds is 1. The summed E-state index contributed by atoms with van der Waals surface area (Å²) >= 11 is 0. The first-order valence-corrected chi connectivity index (χ1v) is 5.16. The smallest absolute Gasteiger partial charge is 0.0243 e. The van der Waals surface area contributed by atoms with Crippen LogP contribution in [0.1, 0.15) is 68.2 Å². The van der Waals surface area contributed by atoms with Gasteiger partial charge in [0, 0.05) is 0 Å². The Morgan fingerprint density at radius 3 is 1.38 bits per heavy atom. The van der Waals surface area contributed by atoms with Crippen LogP contribution in [-0.4, -0.2) is 0 Å². The van der Waals surface area contributed by atoms with Crippen LogP contribution in [0.4, 0.5) is 0 Å².